The first kappa shape index (κ1) is 12.4. The average Bonchev–Trinajstić information content (AvgIpc) is 3.07. The minimum Gasteiger partial charge on any atom is -0.350 e. The van der Waals surface area contributed by atoms with E-state index < -0.39 is 0 Å². The highest BCUT2D eigenvalue weighted by atomic mass is 35.5. The van der Waals surface area contributed by atoms with E-state index >= 15 is 0 Å². The molecule has 17 heavy (non-hydrogen) atoms. The van der Waals surface area contributed by atoms with Crippen LogP contribution < -0.4 is 11.1 Å². The van der Waals surface area contributed by atoms with Gasteiger partial charge in [0.2, 0.25) is 0 Å². The number of hydrogen-bond donors (Lipinski definition) is 2. The number of hydrogen-bond acceptors (Lipinski definition) is 2. The Morgan fingerprint density at radius 2 is 2.24 bits per heavy atom. The number of benzene rings is 1. The van der Waals surface area contributed by atoms with Crippen molar-refractivity contribution in [2.24, 2.45) is 11.7 Å². The zero-order valence-electron chi connectivity index (χ0n) is 9.87. The van der Waals surface area contributed by atoms with E-state index in [1.54, 1.807) is 6.07 Å². The summed E-state index contributed by atoms with van der Waals surface area (Å²) in [5.41, 5.74) is 7.50. The zero-order valence-corrected chi connectivity index (χ0v) is 10.6. The molecule has 1 aromatic rings. The number of halogens is 1. The summed E-state index contributed by atoms with van der Waals surface area (Å²) in [6.07, 6.45) is 2.38. The maximum Gasteiger partial charge on any atom is 0.251 e. The Morgan fingerprint density at radius 3 is 2.82 bits per heavy atom. The first-order chi connectivity index (χ1) is 8.06. The standard InChI is InChI=1S/C13H17ClN2O/c1-8-4-10(6-11(14)5-8)13(17)16-7-12(15)9-2-3-9/h4-6,9,12H,2-3,7,15H2,1H3,(H,16,17). The fraction of sp³-hybridized carbons (Fsp3) is 0.462. The number of aryl methyl sites for hydroxylation is 1. The number of carbonyl (C=O) groups is 1. The van der Waals surface area contributed by atoms with Crippen LogP contribution in [0.1, 0.15) is 28.8 Å². The van der Waals surface area contributed by atoms with Gasteiger partial charge in [-0.1, -0.05) is 11.6 Å². The molecule has 1 aromatic carbocycles. The van der Waals surface area contributed by atoms with Gasteiger partial charge >= 0.3 is 0 Å². The molecular formula is C13H17ClN2O. The van der Waals surface area contributed by atoms with Crippen LogP contribution in [-0.2, 0) is 0 Å². The fourth-order valence-electron chi connectivity index (χ4n) is 1.87. The van der Waals surface area contributed by atoms with Crippen LogP contribution in [0, 0.1) is 12.8 Å². The van der Waals surface area contributed by atoms with Gasteiger partial charge in [-0.3, -0.25) is 4.79 Å². The van der Waals surface area contributed by atoms with Crippen molar-refractivity contribution in [2.75, 3.05) is 6.54 Å². The third-order valence-electron chi connectivity index (χ3n) is 3.03. The van der Waals surface area contributed by atoms with E-state index in [2.05, 4.69) is 5.32 Å². The second-order valence-electron chi connectivity index (χ2n) is 4.73. The second kappa shape index (κ2) is 5.07. The highest BCUT2D eigenvalue weighted by molar-refractivity contribution is 6.31. The molecule has 1 atom stereocenters. The van der Waals surface area contributed by atoms with Gasteiger partial charge in [0, 0.05) is 23.2 Å². The summed E-state index contributed by atoms with van der Waals surface area (Å²) >= 11 is 5.91. The Kier molecular flexibility index (Phi) is 3.69. The van der Waals surface area contributed by atoms with Gasteiger partial charge in [-0.2, -0.15) is 0 Å². The normalized spacial score (nSPS) is 16.6. The Balaban J connectivity index is 1.94. The first-order valence-corrected chi connectivity index (χ1v) is 6.25. The van der Waals surface area contributed by atoms with Gasteiger partial charge in [-0.05, 0) is 49.4 Å². The van der Waals surface area contributed by atoms with Crippen molar-refractivity contribution in [1.82, 2.24) is 5.32 Å². The third kappa shape index (κ3) is 3.45. The molecule has 0 spiro atoms. The van der Waals surface area contributed by atoms with Crippen LogP contribution in [-0.4, -0.2) is 18.5 Å². The molecule has 0 saturated heterocycles. The molecule has 1 aliphatic rings. The maximum absolute atomic E-state index is 11.9. The van der Waals surface area contributed by atoms with E-state index in [-0.39, 0.29) is 11.9 Å². The molecular weight excluding hydrogens is 236 g/mol. The number of carbonyl (C=O) groups excluding carboxylic acids is 1. The van der Waals surface area contributed by atoms with Crippen molar-refractivity contribution in [3.8, 4) is 0 Å². The Hall–Kier alpha value is -1.06. The average molecular weight is 253 g/mol. The predicted molar refractivity (Wildman–Crippen MR) is 69.2 cm³/mol. The molecule has 1 amide bonds. The lowest BCUT2D eigenvalue weighted by molar-refractivity contribution is 0.0950. The third-order valence-corrected chi connectivity index (χ3v) is 3.25. The highest BCUT2D eigenvalue weighted by Crippen LogP contribution is 2.31. The largest absolute Gasteiger partial charge is 0.350 e. The summed E-state index contributed by atoms with van der Waals surface area (Å²) < 4.78 is 0. The quantitative estimate of drug-likeness (QED) is 0.863. The summed E-state index contributed by atoms with van der Waals surface area (Å²) in [4.78, 5) is 11.9. The smallest absolute Gasteiger partial charge is 0.251 e. The summed E-state index contributed by atoms with van der Waals surface area (Å²) in [5, 5.41) is 3.44. The van der Waals surface area contributed by atoms with Gasteiger partial charge in [-0.15, -0.1) is 0 Å². The van der Waals surface area contributed by atoms with Gasteiger partial charge in [-0.25, -0.2) is 0 Å². The van der Waals surface area contributed by atoms with Gasteiger partial charge in [0.05, 0.1) is 0 Å². The lowest BCUT2D eigenvalue weighted by atomic mass is 10.1. The topological polar surface area (TPSA) is 55.1 Å². The van der Waals surface area contributed by atoms with Crippen molar-refractivity contribution >= 4 is 17.5 Å². The van der Waals surface area contributed by atoms with E-state index in [1.165, 1.54) is 12.8 Å². The molecule has 2 rings (SSSR count). The molecule has 0 heterocycles. The number of amides is 1. The van der Waals surface area contributed by atoms with E-state index in [0.29, 0.717) is 23.0 Å². The molecule has 0 radical (unpaired) electrons. The molecule has 3 nitrogen and oxygen atoms in total. The molecule has 3 N–H and O–H groups in total. The summed E-state index contributed by atoms with van der Waals surface area (Å²) in [6.45, 7) is 2.45. The summed E-state index contributed by atoms with van der Waals surface area (Å²) in [7, 11) is 0. The molecule has 1 aliphatic carbocycles. The molecule has 0 aromatic heterocycles. The predicted octanol–water partition coefficient (Wildman–Crippen LogP) is 2.12. The molecule has 1 unspecified atom stereocenters. The zero-order chi connectivity index (χ0) is 12.4. The molecule has 92 valence electrons. The van der Waals surface area contributed by atoms with Crippen LogP contribution in [0.5, 0.6) is 0 Å². The molecule has 0 aliphatic heterocycles. The van der Waals surface area contributed by atoms with E-state index in [4.69, 9.17) is 17.3 Å². The summed E-state index contributed by atoms with van der Waals surface area (Å²) in [6, 6.07) is 5.41. The SMILES string of the molecule is Cc1cc(Cl)cc(C(=O)NCC(N)C2CC2)c1. The minimum atomic E-state index is -0.105. The minimum absolute atomic E-state index is 0.0826. The first-order valence-electron chi connectivity index (χ1n) is 5.87. The van der Waals surface area contributed by atoms with Crippen LogP contribution in [0.3, 0.4) is 0 Å². The van der Waals surface area contributed by atoms with Crippen LogP contribution in [0.4, 0.5) is 0 Å². The van der Waals surface area contributed by atoms with E-state index in [0.717, 1.165) is 5.56 Å². The monoisotopic (exact) mass is 252 g/mol. The molecule has 1 fully saturated rings. The van der Waals surface area contributed by atoms with Crippen molar-refractivity contribution < 1.29 is 4.79 Å². The molecule has 4 heteroatoms. The highest BCUT2D eigenvalue weighted by Gasteiger charge is 2.28. The van der Waals surface area contributed by atoms with Crippen molar-refractivity contribution in [3.05, 3.63) is 34.3 Å². The maximum atomic E-state index is 11.9. The number of nitrogens with one attached hydrogen (secondary N) is 1. The van der Waals surface area contributed by atoms with Crippen molar-refractivity contribution in [1.29, 1.82) is 0 Å². The fourth-order valence-corrected chi connectivity index (χ4v) is 2.16. The van der Waals surface area contributed by atoms with Crippen LogP contribution in [0.2, 0.25) is 5.02 Å². The Bertz CT molecular complexity index is 409. The van der Waals surface area contributed by atoms with Gasteiger partial charge in [0.1, 0.15) is 0 Å². The van der Waals surface area contributed by atoms with Crippen LogP contribution in [0.15, 0.2) is 18.2 Å². The summed E-state index contributed by atoms with van der Waals surface area (Å²) in [5.74, 6) is 0.489. The van der Waals surface area contributed by atoms with Gasteiger partial charge in [0.15, 0.2) is 0 Å². The Morgan fingerprint density at radius 1 is 1.53 bits per heavy atom. The Labute approximate surface area is 106 Å². The lowest BCUT2D eigenvalue weighted by Crippen LogP contribution is -2.38. The van der Waals surface area contributed by atoms with Crippen molar-refractivity contribution in [3.63, 3.8) is 0 Å². The second-order valence-corrected chi connectivity index (χ2v) is 5.17. The van der Waals surface area contributed by atoms with Crippen LogP contribution >= 0.6 is 11.6 Å². The molecule has 1 saturated carbocycles. The van der Waals surface area contributed by atoms with Gasteiger partial charge < -0.3 is 11.1 Å². The van der Waals surface area contributed by atoms with E-state index in [1.807, 2.05) is 19.1 Å². The van der Waals surface area contributed by atoms with Crippen molar-refractivity contribution in [2.45, 2.75) is 25.8 Å². The number of rotatable bonds is 4. The van der Waals surface area contributed by atoms with Crippen LogP contribution in [0.25, 0.3) is 0 Å². The number of nitrogens with two attached hydrogens (primary N) is 1. The van der Waals surface area contributed by atoms with Gasteiger partial charge in [0.25, 0.3) is 5.91 Å². The lowest BCUT2D eigenvalue weighted by Gasteiger charge is -2.12. The molecule has 0 bridgehead atoms. The van der Waals surface area contributed by atoms with E-state index in [9.17, 15) is 4.79 Å².